The quantitative estimate of drug-likeness (QED) is 0.635. The molecule has 3 rings (SSSR count). The third-order valence-corrected chi connectivity index (χ3v) is 6.86. The Labute approximate surface area is 176 Å². The van der Waals surface area contributed by atoms with Gasteiger partial charge in [0.25, 0.3) is 11.8 Å². The first-order valence-corrected chi connectivity index (χ1v) is 11.3. The van der Waals surface area contributed by atoms with E-state index in [0.29, 0.717) is 22.9 Å². The Balaban J connectivity index is 1.82. The van der Waals surface area contributed by atoms with Crippen LogP contribution in [0.1, 0.15) is 78.7 Å². The minimum Gasteiger partial charge on any atom is -0.480 e. The van der Waals surface area contributed by atoms with E-state index in [1.54, 1.807) is 0 Å². The topological polar surface area (TPSA) is 81.4 Å². The Hall–Kier alpha value is -2.34. The molecule has 0 fully saturated rings. The number of nitrogens with one attached hydrogen (secondary N) is 1. The van der Waals surface area contributed by atoms with E-state index in [2.05, 4.69) is 19.2 Å². The summed E-state index contributed by atoms with van der Waals surface area (Å²) in [5, 5.41) is 3.50. The SMILES string of the molecule is CCC(Oc1ccccc1C(C)CC)C(=O)Nc1sc2c(c1C(N)=O)CCCC2. The molecular formula is C23H30N2O3S. The second kappa shape index (κ2) is 9.44. The van der Waals surface area contributed by atoms with Crippen LogP contribution >= 0.6 is 11.3 Å². The van der Waals surface area contributed by atoms with Gasteiger partial charge in [-0.25, -0.2) is 0 Å². The molecule has 2 atom stereocenters. The Bertz CT molecular complexity index is 890. The largest absolute Gasteiger partial charge is 0.480 e. The summed E-state index contributed by atoms with van der Waals surface area (Å²) in [5.41, 5.74) is 8.24. The number of hydrogen-bond acceptors (Lipinski definition) is 4. The number of benzene rings is 1. The lowest BCUT2D eigenvalue weighted by atomic mass is 9.95. The summed E-state index contributed by atoms with van der Waals surface area (Å²) < 4.78 is 6.13. The molecule has 1 aromatic heterocycles. The molecule has 2 aromatic rings. The number of amides is 2. The van der Waals surface area contributed by atoms with E-state index in [9.17, 15) is 9.59 Å². The fraction of sp³-hybridized carbons (Fsp3) is 0.478. The number of carbonyl (C=O) groups is 2. The molecule has 2 amide bonds. The highest BCUT2D eigenvalue weighted by molar-refractivity contribution is 7.17. The summed E-state index contributed by atoms with van der Waals surface area (Å²) in [4.78, 5) is 26.2. The molecule has 1 heterocycles. The maximum absolute atomic E-state index is 13.0. The highest BCUT2D eigenvalue weighted by atomic mass is 32.1. The molecule has 0 spiro atoms. The van der Waals surface area contributed by atoms with Crippen molar-refractivity contribution in [3.05, 3.63) is 45.8 Å². The summed E-state index contributed by atoms with van der Waals surface area (Å²) in [5.74, 6) is 0.366. The van der Waals surface area contributed by atoms with E-state index in [1.807, 2.05) is 31.2 Å². The van der Waals surface area contributed by atoms with Crippen molar-refractivity contribution >= 4 is 28.2 Å². The summed E-state index contributed by atoms with van der Waals surface area (Å²) >= 11 is 1.48. The van der Waals surface area contributed by atoms with Gasteiger partial charge in [-0.3, -0.25) is 9.59 Å². The van der Waals surface area contributed by atoms with Crippen molar-refractivity contribution < 1.29 is 14.3 Å². The van der Waals surface area contributed by atoms with Crippen LogP contribution in [0.25, 0.3) is 0 Å². The molecule has 0 saturated heterocycles. The number of carbonyl (C=O) groups excluding carboxylic acids is 2. The number of rotatable bonds is 8. The number of aryl methyl sites for hydroxylation is 1. The zero-order valence-corrected chi connectivity index (χ0v) is 18.2. The van der Waals surface area contributed by atoms with Crippen molar-refractivity contribution in [2.75, 3.05) is 5.32 Å². The minimum absolute atomic E-state index is 0.243. The molecule has 0 radical (unpaired) electrons. The average molecular weight is 415 g/mol. The Morgan fingerprint density at radius 2 is 1.90 bits per heavy atom. The standard InChI is InChI=1S/C23H30N2O3S/c1-4-14(3)15-10-6-8-12-18(15)28-17(5-2)22(27)25-23-20(21(24)26)16-11-7-9-13-19(16)29-23/h6,8,10,12,14,17H,4-5,7,9,11,13H2,1-3H3,(H2,24,26)(H,25,27). The fourth-order valence-electron chi connectivity index (χ4n) is 3.80. The second-order valence-corrected chi connectivity index (χ2v) is 8.74. The highest BCUT2D eigenvalue weighted by Gasteiger charge is 2.27. The third kappa shape index (κ3) is 4.64. The summed E-state index contributed by atoms with van der Waals surface area (Å²) in [6.07, 6.45) is 4.81. The first-order chi connectivity index (χ1) is 14.0. The zero-order chi connectivity index (χ0) is 21.0. The Kier molecular flexibility index (Phi) is 6.96. The van der Waals surface area contributed by atoms with Crippen molar-refractivity contribution in [3.8, 4) is 5.75 Å². The molecule has 1 aromatic carbocycles. The molecule has 156 valence electrons. The number of fused-ring (bicyclic) bond motifs is 1. The van der Waals surface area contributed by atoms with E-state index in [4.69, 9.17) is 10.5 Å². The highest BCUT2D eigenvalue weighted by Crippen LogP contribution is 2.38. The van der Waals surface area contributed by atoms with Crippen LogP contribution in [0, 0.1) is 0 Å². The van der Waals surface area contributed by atoms with Crippen molar-refractivity contribution in [1.29, 1.82) is 0 Å². The lowest BCUT2D eigenvalue weighted by molar-refractivity contribution is -0.122. The smallest absolute Gasteiger partial charge is 0.266 e. The van der Waals surface area contributed by atoms with E-state index < -0.39 is 12.0 Å². The molecular weight excluding hydrogens is 384 g/mol. The van der Waals surface area contributed by atoms with Gasteiger partial charge in [-0.2, -0.15) is 0 Å². The molecule has 1 aliphatic rings. The van der Waals surface area contributed by atoms with Crippen LogP contribution in [0.4, 0.5) is 5.00 Å². The second-order valence-electron chi connectivity index (χ2n) is 7.63. The predicted octanol–water partition coefficient (Wildman–Crippen LogP) is 5.04. The summed E-state index contributed by atoms with van der Waals surface area (Å²) in [7, 11) is 0. The van der Waals surface area contributed by atoms with Gasteiger partial charge in [-0.1, -0.05) is 39.0 Å². The van der Waals surface area contributed by atoms with Crippen molar-refractivity contribution in [1.82, 2.24) is 0 Å². The van der Waals surface area contributed by atoms with Crippen LogP contribution in [0.15, 0.2) is 24.3 Å². The Morgan fingerprint density at radius 3 is 2.59 bits per heavy atom. The average Bonchev–Trinajstić information content (AvgIpc) is 3.09. The number of thiophene rings is 1. The first kappa shape index (κ1) is 21.4. The van der Waals surface area contributed by atoms with Crippen molar-refractivity contribution in [2.45, 2.75) is 71.3 Å². The maximum atomic E-state index is 13.0. The predicted molar refractivity (Wildman–Crippen MR) is 118 cm³/mol. The third-order valence-electron chi connectivity index (χ3n) is 5.65. The number of nitrogens with two attached hydrogens (primary N) is 1. The van der Waals surface area contributed by atoms with Gasteiger partial charge in [0.15, 0.2) is 6.10 Å². The van der Waals surface area contributed by atoms with Gasteiger partial charge in [0.05, 0.1) is 5.56 Å². The summed E-state index contributed by atoms with van der Waals surface area (Å²) in [6, 6.07) is 7.87. The lowest BCUT2D eigenvalue weighted by Crippen LogP contribution is -2.33. The molecule has 6 heteroatoms. The van der Waals surface area contributed by atoms with Crippen molar-refractivity contribution in [3.63, 3.8) is 0 Å². The number of hydrogen-bond donors (Lipinski definition) is 2. The number of ether oxygens (including phenoxy) is 1. The van der Waals surface area contributed by atoms with Gasteiger partial charge in [0.1, 0.15) is 10.8 Å². The number of primary amides is 1. The van der Waals surface area contributed by atoms with Gasteiger partial charge < -0.3 is 15.8 Å². The van der Waals surface area contributed by atoms with Crippen LogP contribution in [-0.2, 0) is 17.6 Å². The van der Waals surface area contributed by atoms with E-state index in [1.165, 1.54) is 11.3 Å². The Morgan fingerprint density at radius 1 is 1.17 bits per heavy atom. The first-order valence-electron chi connectivity index (χ1n) is 10.5. The molecule has 3 N–H and O–H groups in total. The zero-order valence-electron chi connectivity index (χ0n) is 17.4. The van der Waals surface area contributed by atoms with Gasteiger partial charge in [-0.05, 0) is 61.6 Å². The number of anilines is 1. The number of para-hydroxylation sites is 1. The fourth-order valence-corrected chi connectivity index (χ4v) is 5.09. The molecule has 0 bridgehead atoms. The van der Waals surface area contributed by atoms with Crippen molar-refractivity contribution in [2.24, 2.45) is 5.73 Å². The van der Waals surface area contributed by atoms with Gasteiger partial charge in [0, 0.05) is 4.88 Å². The van der Waals surface area contributed by atoms with E-state index in [0.717, 1.165) is 53.9 Å². The lowest BCUT2D eigenvalue weighted by Gasteiger charge is -2.21. The normalized spacial score (nSPS) is 15.3. The molecule has 29 heavy (non-hydrogen) atoms. The van der Waals surface area contributed by atoms with Crippen LogP contribution in [0.2, 0.25) is 0 Å². The molecule has 0 aliphatic heterocycles. The van der Waals surface area contributed by atoms with Gasteiger partial charge in [-0.15, -0.1) is 11.3 Å². The van der Waals surface area contributed by atoms with Crippen LogP contribution < -0.4 is 15.8 Å². The molecule has 2 unspecified atom stereocenters. The van der Waals surface area contributed by atoms with Crippen LogP contribution in [0.5, 0.6) is 5.75 Å². The minimum atomic E-state index is -0.639. The summed E-state index contributed by atoms with van der Waals surface area (Å²) in [6.45, 7) is 6.21. The maximum Gasteiger partial charge on any atom is 0.266 e. The van der Waals surface area contributed by atoms with Gasteiger partial charge in [0.2, 0.25) is 0 Å². The van der Waals surface area contributed by atoms with Crippen LogP contribution in [-0.4, -0.2) is 17.9 Å². The monoisotopic (exact) mass is 414 g/mol. The van der Waals surface area contributed by atoms with E-state index in [-0.39, 0.29) is 5.91 Å². The molecule has 0 saturated carbocycles. The molecule has 1 aliphatic carbocycles. The van der Waals surface area contributed by atoms with Crippen LogP contribution in [0.3, 0.4) is 0 Å². The molecule has 5 nitrogen and oxygen atoms in total. The van der Waals surface area contributed by atoms with E-state index >= 15 is 0 Å². The van der Waals surface area contributed by atoms with Gasteiger partial charge >= 0.3 is 0 Å².